The molecule has 0 amide bonds. The Morgan fingerprint density at radius 3 is 2.73 bits per heavy atom. The largest absolute Gasteiger partial charge is 0.481 e. The average Bonchev–Trinajstić information content (AvgIpc) is 2.36. The highest BCUT2D eigenvalue weighted by atomic mass is 32.2. The van der Waals surface area contributed by atoms with Gasteiger partial charge in [0.05, 0.1) is 23.0 Å². The second kappa shape index (κ2) is 3.51. The molecule has 0 N–H and O–H groups in total. The van der Waals surface area contributed by atoms with Gasteiger partial charge in [-0.05, 0) is 12.1 Å². The van der Waals surface area contributed by atoms with E-state index in [2.05, 4.69) is 4.99 Å². The fourth-order valence-electron chi connectivity index (χ4n) is 1.38. The molecular weight excluding hydrogens is 214 g/mol. The summed E-state index contributed by atoms with van der Waals surface area (Å²) in [5, 5.41) is 1.07. The standard InChI is InChI=1S/C10H9NO3S/c1-14-10-8-4-2-3-5-9(8)15(12,13)7-6-11-10/h2-7H,1H3. The molecule has 0 saturated carbocycles. The number of rotatable bonds is 0. The lowest BCUT2D eigenvalue weighted by Gasteiger charge is -2.06. The van der Waals surface area contributed by atoms with Crippen LogP contribution in [0.3, 0.4) is 0 Å². The van der Waals surface area contributed by atoms with Gasteiger partial charge in [-0.15, -0.1) is 0 Å². The highest BCUT2D eigenvalue weighted by Gasteiger charge is 2.20. The van der Waals surface area contributed by atoms with Crippen LogP contribution in [0.5, 0.6) is 0 Å². The lowest BCUT2D eigenvalue weighted by molar-refractivity contribution is 0.404. The zero-order chi connectivity index (χ0) is 10.9. The first-order valence-corrected chi connectivity index (χ1v) is 5.82. The number of hydrogen-bond donors (Lipinski definition) is 0. The van der Waals surface area contributed by atoms with Crippen LogP contribution in [0.2, 0.25) is 0 Å². The summed E-state index contributed by atoms with van der Waals surface area (Å²) in [5.74, 6) is 0.308. The van der Waals surface area contributed by atoms with Crippen LogP contribution in [0.25, 0.3) is 0 Å². The number of aliphatic imine (C=N–C) groups is 1. The summed E-state index contributed by atoms with van der Waals surface area (Å²) in [6.45, 7) is 0. The molecule has 78 valence electrons. The molecule has 0 fully saturated rings. The third-order valence-electron chi connectivity index (χ3n) is 2.05. The highest BCUT2D eigenvalue weighted by molar-refractivity contribution is 7.94. The van der Waals surface area contributed by atoms with Gasteiger partial charge in [-0.2, -0.15) is 0 Å². The van der Waals surface area contributed by atoms with E-state index >= 15 is 0 Å². The Balaban J connectivity index is 2.76. The van der Waals surface area contributed by atoms with Crippen molar-refractivity contribution in [1.29, 1.82) is 0 Å². The minimum Gasteiger partial charge on any atom is -0.481 e. The number of benzene rings is 1. The third kappa shape index (κ3) is 1.66. The average molecular weight is 223 g/mol. The fourth-order valence-corrected chi connectivity index (χ4v) is 2.47. The molecule has 15 heavy (non-hydrogen) atoms. The van der Waals surface area contributed by atoms with Crippen molar-refractivity contribution in [3.63, 3.8) is 0 Å². The van der Waals surface area contributed by atoms with Crippen molar-refractivity contribution < 1.29 is 13.2 Å². The summed E-state index contributed by atoms with van der Waals surface area (Å²) in [6.07, 6.45) is 1.23. The molecule has 1 aromatic carbocycles. The molecule has 1 aliphatic rings. The normalized spacial score (nSPS) is 17.5. The Bertz CT molecular complexity index is 544. The van der Waals surface area contributed by atoms with E-state index in [9.17, 15) is 8.42 Å². The maximum absolute atomic E-state index is 11.7. The van der Waals surface area contributed by atoms with Crippen molar-refractivity contribution in [1.82, 2.24) is 0 Å². The Hall–Kier alpha value is -1.62. The summed E-state index contributed by atoms with van der Waals surface area (Å²) in [5.41, 5.74) is 0.491. The first-order chi connectivity index (χ1) is 7.15. The topological polar surface area (TPSA) is 55.7 Å². The van der Waals surface area contributed by atoms with E-state index in [0.29, 0.717) is 11.5 Å². The molecule has 0 spiro atoms. The minimum absolute atomic E-state index is 0.222. The van der Waals surface area contributed by atoms with Gasteiger partial charge in [0, 0.05) is 6.20 Å². The van der Waals surface area contributed by atoms with Crippen LogP contribution in [-0.2, 0) is 14.6 Å². The zero-order valence-electron chi connectivity index (χ0n) is 8.04. The van der Waals surface area contributed by atoms with Crippen LogP contribution in [0.15, 0.2) is 45.8 Å². The summed E-state index contributed by atoms with van der Waals surface area (Å²) < 4.78 is 28.5. The van der Waals surface area contributed by atoms with Crippen LogP contribution in [0.4, 0.5) is 0 Å². The lowest BCUT2D eigenvalue weighted by Crippen LogP contribution is -2.07. The number of sulfone groups is 1. The second-order valence-electron chi connectivity index (χ2n) is 2.96. The number of nitrogens with zero attached hydrogens (tertiary/aromatic N) is 1. The predicted molar refractivity (Wildman–Crippen MR) is 56.3 cm³/mol. The smallest absolute Gasteiger partial charge is 0.221 e. The summed E-state index contributed by atoms with van der Waals surface area (Å²) in [4.78, 5) is 4.13. The highest BCUT2D eigenvalue weighted by Crippen LogP contribution is 2.21. The Morgan fingerprint density at radius 1 is 1.27 bits per heavy atom. The van der Waals surface area contributed by atoms with Gasteiger partial charge < -0.3 is 4.74 Å². The number of ether oxygens (including phenoxy) is 1. The maximum atomic E-state index is 11.7. The number of fused-ring (bicyclic) bond motifs is 1. The van der Waals surface area contributed by atoms with Gasteiger partial charge in [-0.1, -0.05) is 12.1 Å². The van der Waals surface area contributed by atoms with Gasteiger partial charge in [0.1, 0.15) is 0 Å². The molecule has 1 aromatic rings. The number of methoxy groups -OCH3 is 1. The molecule has 0 saturated heterocycles. The van der Waals surface area contributed by atoms with Gasteiger partial charge in [-0.25, -0.2) is 13.4 Å². The quantitative estimate of drug-likeness (QED) is 0.667. The molecule has 2 rings (SSSR count). The number of hydrogen-bond acceptors (Lipinski definition) is 4. The van der Waals surface area contributed by atoms with E-state index in [4.69, 9.17) is 4.74 Å². The molecule has 1 heterocycles. The fraction of sp³-hybridized carbons (Fsp3) is 0.100. The first-order valence-electron chi connectivity index (χ1n) is 4.28. The van der Waals surface area contributed by atoms with Crippen LogP contribution >= 0.6 is 0 Å². The molecule has 0 unspecified atom stereocenters. The van der Waals surface area contributed by atoms with Crippen LogP contribution in [0, 0.1) is 0 Å². The zero-order valence-corrected chi connectivity index (χ0v) is 8.86. The second-order valence-corrected chi connectivity index (χ2v) is 4.77. The molecule has 0 aliphatic carbocycles. The first kappa shape index (κ1) is 9.92. The van der Waals surface area contributed by atoms with Crippen molar-refractivity contribution in [2.24, 2.45) is 4.99 Å². The SMILES string of the molecule is COC1=NC=CS(=O)(=O)c2ccccc21. The van der Waals surface area contributed by atoms with Gasteiger partial charge >= 0.3 is 0 Å². The predicted octanol–water partition coefficient (Wildman–Crippen LogP) is 1.34. The molecule has 0 radical (unpaired) electrons. The van der Waals surface area contributed by atoms with Gasteiger partial charge in [-0.3, -0.25) is 0 Å². The summed E-state index contributed by atoms with van der Waals surface area (Å²) >= 11 is 0. The monoisotopic (exact) mass is 223 g/mol. The van der Waals surface area contributed by atoms with Crippen molar-refractivity contribution in [3.8, 4) is 0 Å². The van der Waals surface area contributed by atoms with E-state index < -0.39 is 9.84 Å². The summed E-state index contributed by atoms with van der Waals surface area (Å²) in [6, 6.07) is 6.62. The lowest BCUT2D eigenvalue weighted by atomic mass is 10.2. The molecule has 5 heteroatoms. The Labute approximate surface area is 87.8 Å². The molecular formula is C10H9NO3S. The van der Waals surface area contributed by atoms with E-state index in [1.165, 1.54) is 19.4 Å². The van der Waals surface area contributed by atoms with Crippen LogP contribution < -0.4 is 0 Å². The minimum atomic E-state index is -3.40. The molecule has 0 bridgehead atoms. The van der Waals surface area contributed by atoms with Crippen molar-refractivity contribution in [2.75, 3.05) is 7.11 Å². The van der Waals surface area contributed by atoms with Gasteiger partial charge in [0.2, 0.25) is 15.7 Å². The Kier molecular flexibility index (Phi) is 2.32. The molecule has 0 aromatic heterocycles. The molecule has 4 nitrogen and oxygen atoms in total. The van der Waals surface area contributed by atoms with Gasteiger partial charge in [0.25, 0.3) is 0 Å². The maximum Gasteiger partial charge on any atom is 0.221 e. The third-order valence-corrected chi connectivity index (χ3v) is 3.50. The van der Waals surface area contributed by atoms with Crippen LogP contribution in [-0.4, -0.2) is 21.4 Å². The summed E-state index contributed by atoms with van der Waals surface area (Å²) in [7, 11) is -1.94. The van der Waals surface area contributed by atoms with E-state index in [1.54, 1.807) is 18.2 Å². The Morgan fingerprint density at radius 2 is 2.00 bits per heavy atom. The van der Waals surface area contributed by atoms with Crippen molar-refractivity contribution in [2.45, 2.75) is 4.90 Å². The van der Waals surface area contributed by atoms with Crippen molar-refractivity contribution in [3.05, 3.63) is 41.4 Å². The van der Waals surface area contributed by atoms with Crippen molar-refractivity contribution >= 4 is 15.7 Å². The van der Waals surface area contributed by atoms with Gasteiger partial charge in [0.15, 0.2) is 0 Å². The van der Waals surface area contributed by atoms with Crippen LogP contribution in [0.1, 0.15) is 5.56 Å². The molecule has 1 aliphatic heterocycles. The van der Waals surface area contributed by atoms with E-state index in [-0.39, 0.29) is 4.90 Å². The molecule has 0 atom stereocenters. The van der Waals surface area contributed by atoms with E-state index in [1.807, 2.05) is 0 Å². The van der Waals surface area contributed by atoms with E-state index in [0.717, 1.165) is 5.41 Å².